The highest BCUT2D eigenvalue weighted by Gasteiger charge is 2.08. The molecule has 1 aromatic carbocycles. The number of rotatable bonds is 2. The fraction of sp³-hybridized carbons (Fsp3) is 0.100. The summed E-state index contributed by atoms with van der Waals surface area (Å²) >= 11 is 9.86. The summed E-state index contributed by atoms with van der Waals surface area (Å²) in [6.45, 7) is 0. The van der Waals surface area contributed by atoms with Gasteiger partial charge in [0, 0.05) is 9.99 Å². The molecule has 0 aliphatic rings. The highest BCUT2D eigenvalue weighted by Crippen LogP contribution is 2.32. The number of aromatic nitrogens is 1. The number of halogens is 2. The SMILES string of the molecule is Clc1sc(-c2ccccc2)nc1CI. The van der Waals surface area contributed by atoms with Crippen molar-refractivity contribution in [2.24, 2.45) is 0 Å². The Morgan fingerprint density at radius 3 is 2.57 bits per heavy atom. The summed E-state index contributed by atoms with van der Waals surface area (Å²) in [7, 11) is 0. The highest BCUT2D eigenvalue weighted by atomic mass is 127. The molecule has 0 aliphatic heterocycles. The molecule has 0 N–H and O–H groups in total. The summed E-state index contributed by atoms with van der Waals surface area (Å²) in [6, 6.07) is 10.1. The summed E-state index contributed by atoms with van der Waals surface area (Å²) in [5, 5.41) is 1.00. The van der Waals surface area contributed by atoms with E-state index >= 15 is 0 Å². The highest BCUT2D eigenvalue weighted by molar-refractivity contribution is 14.1. The fourth-order valence-electron chi connectivity index (χ4n) is 1.12. The predicted octanol–water partition coefficient (Wildman–Crippen LogP) is 4.40. The molecule has 0 aliphatic carbocycles. The maximum absolute atomic E-state index is 6.05. The maximum Gasteiger partial charge on any atom is 0.125 e. The van der Waals surface area contributed by atoms with Gasteiger partial charge >= 0.3 is 0 Å². The van der Waals surface area contributed by atoms with Gasteiger partial charge in [-0.25, -0.2) is 4.98 Å². The molecule has 0 radical (unpaired) electrons. The first-order chi connectivity index (χ1) is 6.81. The standard InChI is InChI=1S/C10H7ClINS/c11-9-8(6-12)13-10(14-9)7-4-2-1-3-5-7/h1-5H,6H2. The summed E-state index contributed by atoms with van der Waals surface area (Å²) in [5.74, 6) is 0. The van der Waals surface area contributed by atoms with Crippen LogP contribution >= 0.6 is 45.5 Å². The Labute approximate surface area is 105 Å². The first kappa shape index (κ1) is 10.4. The van der Waals surface area contributed by atoms with Crippen LogP contribution in [-0.2, 0) is 4.43 Å². The van der Waals surface area contributed by atoms with Gasteiger partial charge in [-0.3, -0.25) is 0 Å². The first-order valence-electron chi connectivity index (χ1n) is 4.08. The molecule has 1 aromatic heterocycles. The molecule has 72 valence electrons. The number of hydrogen-bond donors (Lipinski definition) is 0. The van der Waals surface area contributed by atoms with Crippen molar-refractivity contribution in [2.45, 2.75) is 4.43 Å². The van der Waals surface area contributed by atoms with E-state index in [0.29, 0.717) is 0 Å². The van der Waals surface area contributed by atoms with Crippen LogP contribution < -0.4 is 0 Å². The van der Waals surface area contributed by atoms with E-state index in [4.69, 9.17) is 11.6 Å². The number of hydrogen-bond acceptors (Lipinski definition) is 2. The lowest BCUT2D eigenvalue weighted by Crippen LogP contribution is -1.78. The van der Waals surface area contributed by atoms with Crippen LogP contribution in [-0.4, -0.2) is 4.98 Å². The van der Waals surface area contributed by atoms with Crippen LogP contribution in [0, 0.1) is 0 Å². The van der Waals surface area contributed by atoms with Gasteiger partial charge in [-0.1, -0.05) is 64.5 Å². The largest absolute Gasteiger partial charge is 0.239 e. The summed E-state index contributed by atoms with van der Waals surface area (Å²) in [6.07, 6.45) is 0. The molecule has 2 aromatic rings. The van der Waals surface area contributed by atoms with E-state index in [1.165, 1.54) is 0 Å². The minimum Gasteiger partial charge on any atom is -0.239 e. The molecule has 0 unspecified atom stereocenters. The molecule has 1 nitrogen and oxygen atoms in total. The average molecular weight is 336 g/mol. The first-order valence-corrected chi connectivity index (χ1v) is 6.80. The van der Waals surface area contributed by atoms with Gasteiger partial charge in [-0.15, -0.1) is 11.3 Å². The second-order valence-electron chi connectivity index (χ2n) is 2.74. The van der Waals surface area contributed by atoms with Gasteiger partial charge < -0.3 is 0 Å². The zero-order chi connectivity index (χ0) is 9.97. The van der Waals surface area contributed by atoms with Crippen molar-refractivity contribution in [3.63, 3.8) is 0 Å². The van der Waals surface area contributed by atoms with Gasteiger partial charge in [0.1, 0.15) is 9.34 Å². The van der Waals surface area contributed by atoms with Crippen LogP contribution in [0.1, 0.15) is 5.69 Å². The summed E-state index contributed by atoms with van der Waals surface area (Å²) < 4.78 is 1.66. The maximum atomic E-state index is 6.05. The van der Waals surface area contributed by atoms with Gasteiger partial charge in [0.2, 0.25) is 0 Å². The van der Waals surface area contributed by atoms with E-state index in [1.807, 2.05) is 30.3 Å². The molecule has 0 amide bonds. The smallest absolute Gasteiger partial charge is 0.125 e. The molecule has 2 rings (SSSR count). The zero-order valence-electron chi connectivity index (χ0n) is 7.21. The van der Waals surface area contributed by atoms with Gasteiger partial charge in [-0.05, 0) is 0 Å². The van der Waals surface area contributed by atoms with Crippen molar-refractivity contribution in [3.05, 3.63) is 40.4 Å². The molecule has 0 saturated carbocycles. The number of nitrogens with zero attached hydrogens (tertiary/aromatic N) is 1. The van der Waals surface area contributed by atoms with E-state index in [1.54, 1.807) is 11.3 Å². The molecule has 0 atom stereocenters. The monoisotopic (exact) mass is 335 g/mol. The van der Waals surface area contributed by atoms with Crippen LogP contribution in [0.5, 0.6) is 0 Å². The lowest BCUT2D eigenvalue weighted by molar-refractivity contribution is 1.26. The molecular formula is C10H7ClINS. The van der Waals surface area contributed by atoms with E-state index in [2.05, 4.69) is 27.6 Å². The Balaban J connectivity index is 2.43. The topological polar surface area (TPSA) is 12.9 Å². The van der Waals surface area contributed by atoms with Gasteiger partial charge in [-0.2, -0.15) is 0 Å². The minimum absolute atomic E-state index is 0.804. The molecule has 14 heavy (non-hydrogen) atoms. The average Bonchev–Trinajstić information content (AvgIpc) is 2.61. The predicted molar refractivity (Wildman–Crippen MR) is 70.3 cm³/mol. The zero-order valence-corrected chi connectivity index (χ0v) is 10.9. The molecular weight excluding hydrogens is 329 g/mol. The molecule has 0 saturated heterocycles. The summed E-state index contributed by atoms with van der Waals surface area (Å²) in [5.41, 5.74) is 2.12. The van der Waals surface area contributed by atoms with Crippen LogP contribution in [0.15, 0.2) is 30.3 Å². The van der Waals surface area contributed by atoms with Gasteiger partial charge in [0.05, 0.1) is 5.69 Å². The Kier molecular flexibility index (Phi) is 3.41. The molecule has 0 bridgehead atoms. The Bertz CT molecular complexity index is 427. The summed E-state index contributed by atoms with van der Waals surface area (Å²) in [4.78, 5) is 4.48. The Morgan fingerprint density at radius 1 is 1.29 bits per heavy atom. The van der Waals surface area contributed by atoms with E-state index in [0.717, 1.165) is 25.0 Å². The van der Waals surface area contributed by atoms with Crippen molar-refractivity contribution in [3.8, 4) is 10.6 Å². The van der Waals surface area contributed by atoms with Crippen molar-refractivity contribution < 1.29 is 0 Å². The lowest BCUT2D eigenvalue weighted by Gasteiger charge is -1.92. The fourth-order valence-corrected chi connectivity index (χ4v) is 3.30. The third-order valence-corrected chi connectivity index (χ3v) is 3.90. The van der Waals surface area contributed by atoms with Crippen molar-refractivity contribution in [1.82, 2.24) is 4.98 Å². The van der Waals surface area contributed by atoms with Crippen molar-refractivity contribution in [2.75, 3.05) is 0 Å². The van der Waals surface area contributed by atoms with Crippen LogP contribution in [0.25, 0.3) is 10.6 Å². The van der Waals surface area contributed by atoms with Crippen LogP contribution in [0.4, 0.5) is 0 Å². The lowest BCUT2D eigenvalue weighted by atomic mass is 10.2. The molecule has 4 heteroatoms. The molecule has 0 spiro atoms. The van der Waals surface area contributed by atoms with Crippen molar-refractivity contribution in [1.29, 1.82) is 0 Å². The third-order valence-electron chi connectivity index (χ3n) is 1.80. The quantitative estimate of drug-likeness (QED) is 0.585. The second kappa shape index (κ2) is 4.59. The third kappa shape index (κ3) is 2.10. The molecule has 1 heterocycles. The van der Waals surface area contributed by atoms with E-state index in [9.17, 15) is 0 Å². The van der Waals surface area contributed by atoms with Crippen molar-refractivity contribution >= 4 is 45.5 Å². The Morgan fingerprint density at radius 2 is 2.00 bits per heavy atom. The number of benzene rings is 1. The van der Waals surface area contributed by atoms with Gasteiger partial charge in [0.25, 0.3) is 0 Å². The van der Waals surface area contributed by atoms with Crippen LogP contribution in [0.3, 0.4) is 0 Å². The second-order valence-corrected chi connectivity index (χ2v) is 5.10. The Hall–Kier alpha value is -0.130. The van der Waals surface area contributed by atoms with Gasteiger partial charge in [0.15, 0.2) is 0 Å². The van der Waals surface area contributed by atoms with E-state index < -0.39 is 0 Å². The van der Waals surface area contributed by atoms with Crippen LogP contribution in [0.2, 0.25) is 4.34 Å². The number of thiazole rings is 1. The van der Waals surface area contributed by atoms with E-state index in [-0.39, 0.29) is 0 Å². The minimum atomic E-state index is 0.804. The number of alkyl halides is 1. The molecule has 0 fully saturated rings. The normalized spacial score (nSPS) is 10.4.